The lowest BCUT2D eigenvalue weighted by molar-refractivity contribution is -0.139. The van der Waals surface area contributed by atoms with Crippen molar-refractivity contribution in [1.82, 2.24) is 47.4 Å². The molecule has 0 unspecified atom stereocenters. The third-order valence-electron chi connectivity index (χ3n) is 9.76. The normalized spacial score (nSPS) is 22.3. The summed E-state index contributed by atoms with van der Waals surface area (Å²) in [4.78, 5) is 112. The molecule has 23 heteroatoms. The first-order valence-corrected chi connectivity index (χ1v) is 21.3. The second kappa shape index (κ2) is 28.4. The van der Waals surface area contributed by atoms with E-state index in [1.807, 2.05) is 13.8 Å². The number of phenols is 1. The Morgan fingerprint density at radius 2 is 1.37 bits per heavy atom. The number of phenolic OH excluding ortho intramolecular Hbond substituents is 1. The van der Waals surface area contributed by atoms with Gasteiger partial charge in [-0.3, -0.25) is 38.6 Å². The van der Waals surface area contributed by atoms with Crippen LogP contribution in [-0.2, 0) is 40.0 Å². The van der Waals surface area contributed by atoms with Gasteiger partial charge in [0.05, 0.1) is 13.1 Å². The summed E-state index contributed by atoms with van der Waals surface area (Å²) in [5.41, 5.74) is 22.9. The van der Waals surface area contributed by atoms with Crippen molar-refractivity contribution >= 4 is 53.3 Å². The molecule has 5 atom stereocenters. The maximum atomic E-state index is 14.1. The number of primary amides is 1. The van der Waals surface area contributed by atoms with Gasteiger partial charge in [0.1, 0.15) is 36.0 Å². The van der Waals surface area contributed by atoms with E-state index in [-0.39, 0.29) is 76.0 Å². The Hall–Kier alpha value is -6.23. The predicted molar refractivity (Wildman–Crippen MR) is 234 cm³/mol. The third kappa shape index (κ3) is 20.9. The monoisotopic (exact) mass is 889 g/mol. The van der Waals surface area contributed by atoms with Crippen LogP contribution < -0.4 is 65.5 Å². The summed E-state index contributed by atoms with van der Waals surface area (Å²) < 4.78 is 0. The summed E-state index contributed by atoms with van der Waals surface area (Å²) in [6, 6.07) is -0.909. The summed E-state index contributed by atoms with van der Waals surface area (Å²) in [7, 11) is 0. The fourth-order valence-electron chi connectivity index (χ4n) is 6.39. The zero-order valence-corrected chi connectivity index (χ0v) is 36.5. The fourth-order valence-corrected chi connectivity index (χ4v) is 6.39. The summed E-state index contributed by atoms with van der Waals surface area (Å²) >= 11 is 0. The number of carbonyl (C=O) groups excluding carboxylic acids is 8. The molecular formula is C40H68N14O9. The molecule has 1 aromatic rings. The van der Waals surface area contributed by atoms with Crippen LogP contribution >= 0.6 is 0 Å². The average molecular weight is 889 g/mol. The molecule has 0 saturated carbocycles. The smallest absolute Gasteiger partial charge is 0.314 e. The zero-order chi connectivity index (χ0) is 46.9. The van der Waals surface area contributed by atoms with E-state index in [1.54, 1.807) is 19.1 Å². The number of nitrogens with zero attached hydrogens (tertiary/aromatic N) is 2. The Kier molecular flexibility index (Phi) is 23.8. The van der Waals surface area contributed by atoms with Gasteiger partial charge >= 0.3 is 6.03 Å². The molecule has 0 radical (unpaired) electrons. The summed E-state index contributed by atoms with van der Waals surface area (Å²) in [5, 5.41) is 31.4. The lowest BCUT2D eigenvalue weighted by atomic mass is 10.0. The number of nitrogens with two attached hydrogens (primary N) is 4. The SMILES string of the molecule is CCC[C@@H]1NC(=O)[C@H](CCCN=C(N)N)NC(=O)CNCCCNC(=O)NCCN(CC(N)=O)C(=O)[C@H](CCC(C)C)NC(=O)[C@H](CN)NC(=O)[C@H](Cc2ccc(O)cc2)NC1=O. The first-order valence-electron chi connectivity index (χ1n) is 21.3. The third-order valence-corrected chi connectivity index (χ3v) is 9.76. The van der Waals surface area contributed by atoms with E-state index in [0.717, 1.165) is 4.90 Å². The van der Waals surface area contributed by atoms with Gasteiger partial charge in [-0.2, -0.15) is 0 Å². The Labute approximate surface area is 367 Å². The molecule has 2 rings (SSSR count). The van der Waals surface area contributed by atoms with Crippen molar-refractivity contribution in [2.24, 2.45) is 33.8 Å². The molecule has 63 heavy (non-hydrogen) atoms. The number of urea groups is 1. The van der Waals surface area contributed by atoms with E-state index in [0.29, 0.717) is 37.8 Å². The number of rotatable bonds is 14. The Morgan fingerprint density at radius 1 is 0.778 bits per heavy atom. The van der Waals surface area contributed by atoms with Crippen molar-refractivity contribution in [1.29, 1.82) is 0 Å². The van der Waals surface area contributed by atoms with Crippen molar-refractivity contribution in [3.63, 3.8) is 0 Å². The number of hydrogen-bond acceptors (Lipinski definition) is 12. The lowest BCUT2D eigenvalue weighted by Gasteiger charge is -2.29. The van der Waals surface area contributed by atoms with Crippen LogP contribution in [0.25, 0.3) is 0 Å². The van der Waals surface area contributed by atoms with Crippen LogP contribution in [0.3, 0.4) is 0 Å². The van der Waals surface area contributed by atoms with Crippen molar-refractivity contribution in [3.8, 4) is 5.75 Å². The molecule has 1 aliphatic rings. The Bertz CT molecular complexity index is 1710. The number of aromatic hydroxyl groups is 1. The molecule has 23 nitrogen and oxygen atoms in total. The standard InChI is InChI=1S/C40H68N14O9/c1-4-7-27-34(58)52-30(20-25-10-12-26(55)13-11-25)36(60)53-31(21-41)37(61)51-29(14-9-24(2)3)38(62)54(23-32(42)56)19-18-48-40(63)47-17-6-15-45-22-33(57)49-28(35(59)50-27)8-5-16-46-39(43)44/h10-13,24,27-31,45,55H,4-9,14-23,41H2,1-3H3,(H2,42,56)(H,49,57)(H,50,59)(H,51,61)(H,52,58)(H,53,60)(H4,43,44,46)(H2,47,48,63)/t27-,28-,29-,30-,31-/m0/s1. The molecule has 1 aliphatic heterocycles. The maximum absolute atomic E-state index is 14.1. The highest BCUT2D eigenvalue weighted by atomic mass is 16.3. The van der Waals surface area contributed by atoms with Crippen LogP contribution in [0.5, 0.6) is 5.75 Å². The van der Waals surface area contributed by atoms with Gasteiger partial charge < -0.3 is 75.5 Å². The zero-order valence-electron chi connectivity index (χ0n) is 36.5. The van der Waals surface area contributed by atoms with Crippen LogP contribution in [0, 0.1) is 5.92 Å². The summed E-state index contributed by atoms with van der Waals surface area (Å²) in [6.07, 6.45) is 1.88. The van der Waals surface area contributed by atoms with E-state index in [1.165, 1.54) is 12.1 Å². The van der Waals surface area contributed by atoms with E-state index in [9.17, 15) is 43.5 Å². The second-order valence-corrected chi connectivity index (χ2v) is 15.6. The highest BCUT2D eigenvalue weighted by molar-refractivity contribution is 5.97. The quantitative estimate of drug-likeness (QED) is 0.0485. The van der Waals surface area contributed by atoms with E-state index >= 15 is 0 Å². The van der Waals surface area contributed by atoms with Gasteiger partial charge in [-0.25, -0.2) is 4.79 Å². The molecular weight excluding hydrogens is 821 g/mol. The van der Waals surface area contributed by atoms with E-state index in [4.69, 9.17) is 22.9 Å². The largest absolute Gasteiger partial charge is 0.508 e. The molecule has 0 bridgehead atoms. The number of nitrogens with one attached hydrogen (secondary N) is 8. The van der Waals surface area contributed by atoms with E-state index in [2.05, 4.69) is 47.5 Å². The van der Waals surface area contributed by atoms with Gasteiger partial charge in [-0.05, 0) is 68.7 Å². The van der Waals surface area contributed by atoms with Gasteiger partial charge in [-0.1, -0.05) is 39.3 Å². The highest BCUT2D eigenvalue weighted by Gasteiger charge is 2.33. The Morgan fingerprint density at radius 3 is 1.98 bits per heavy atom. The van der Waals surface area contributed by atoms with E-state index < -0.39 is 90.7 Å². The minimum Gasteiger partial charge on any atom is -0.508 e. The lowest BCUT2D eigenvalue weighted by Crippen LogP contribution is -2.61. The second-order valence-electron chi connectivity index (χ2n) is 15.6. The molecule has 9 amide bonds. The molecule has 1 aromatic carbocycles. The van der Waals surface area contributed by atoms with Gasteiger partial charge in [0.2, 0.25) is 41.4 Å². The molecule has 0 aliphatic carbocycles. The minimum atomic E-state index is -1.41. The summed E-state index contributed by atoms with van der Waals surface area (Å²) in [5.74, 6) is -5.16. The van der Waals surface area contributed by atoms with Crippen LogP contribution in [-0.4, -0.2) is 146 Å². The number of guanidine groups is 1. The highest BCUT2D eigenvalue weighted by Crippen LogP contribution is 2.13. The molecule has 1 fully saturated rings. The molecule has 1 saturated heterocycles. The van der Waals surface area contributed by atoms with Gasteiger partial charge in [0, 0.05) is 39.1 Å². The first kappa shape index (κ1) is 52.9. The first-order chi connectivity index (χ1) is 29.9. The number of benzene rings is 1. The molecule has 1 heterocycles. The van der Waals surface area contributed by atoms with Gasteiger partial charge in [0.15, 0.2) is 5.96 Å². The minimum absolute atomic E-state index is 0.0402. The molecule has 352 valence electrons. The topological polar surface area (TPSA) is 373 Å². The van der Waals surface area contributed by atoms with Crippen molar-refractivity contribution < 1.29 is 43.5 Å². The summed E-state index contributed by atoms with van der Waals surface area (Å²) in [6.45, 7) is 4.98. The van der Waals surface area contributed by atoms with Crippen LogP contribution in [0.2, 0.25) is 0 Å². The van der Waals surface area contributed by atoms with Crippen molar-refractivity contribution in [2.75, 3.05) is 52.4 Å². The predicted octanol–water partition coefficient (Wildman–Crippen LogP) is -3.79. The fraction of sp³-hybridized carbons (Fsp3) is 0.625. The molecule has 0 spiro atoms. The number of carbonyl (C=O) groups is 8. The van der Waals surface area contributed by atoms with Crippen molar-refractivity contribution in [2.45, 2.75) is 102 Å². The van der Waals surface area contributed by atoms with Gasteiger partial charge in [0.25, 0.3) is 0 Å². The van der Waals surface area contributed by atoms with Gasteiger partial charge in [-0.15, -0.1) is 0 Å². The number of amides is 9. The van der Waals surface area contributed by atoms with Crippen LogP contribution in [0.15, 0.2) is 29.3 Å². The average Bonchev–Trinajstić information content (AvgIpc) is 3.22. The van der Waals surface area contributed by atoms with Crippen molar-refractivity contribution in [3.05, 3.63) is 29.8 Å². The van der Waals surface area contributed by atoms with Crippen LogP contribution in [0.1, 0.15) is 71.3 Å². The number of aliphatic imine (C=N–C) groups is 1. The molecule has 17 N–H and O–H groups in total. The Balaban J connectivity index is 2.54. The van der Waals surface area contributed by atoms with Crippen LogP contribution in [0.4, 0.5) is 4.79 Å². The molecule has 0 aromatic heterocycles. The maximum Gasteiger partial charge on any atom is 0.314 e. The number of hydrogen-bond donors (Lipinski definition) is 13.